The number of nitrogens with zero attached hydrogens (tertiary/aromatic N) is 2. The van der Waals surface area contributed by atoms with Gasteiger partial charge in [-0.2, -0.15) is 0 Å². The van der Waals surface area contributed by atoms with Crippen molar-refractivity contribution in [3.63, 3.8) is 0 Å². The van der Waals surface area contributed by atoms with Crippen LogP contribution in [-0.4, -0.2) is 23.6 Å². The first-order valence-corrected chi connectivity index (χ1v) is 7.05. The highest BCUT2D eigenvalue weighted by Crippen LogP contribution is 2.21. The van der Waals surface area contributed by atoms with Crippen molar-refractivity contribution in [1.29, 1.82) is 0 Å². The fourth-order valence-corrected chi connectivity index (χ4v) is 1.87. The molecule has 2 rings (SSSR count). The Hall–Kier alpha value is -2.30. The smallest absolute Gasteiger partial charge is 0.221 e. The predicted octanol–water partition coefficient (Wildman–Crippen LogP) is 3.19. The largest absolute Gasteiger partial charge is 0.497 e. The van der Waals surface area contributed by atoms with Crippen molar-refractivity contribution in [3.8, 4) is 11.6 Å². The highest BCUT2D eigenvalue weighted by molar-refractivity contribution is 5.47. The molecule has 1 aromatic heterocycles. The van der Waals surface area contributed by atoms with Gasteiger partial charge in [-0.3, -0.25) is 0 Å². The molecule has 5 heteroatoms. The maximum absolute atomic E-state index is 5.79. The third kappa shape index (κ3) is 4.08. The third-order valence-corrected chi connectivity index (χ3v) is 3.11. The molecule has 0 aliphatic heterocycles. The standard InChI is InChI=1S/C16H21N3O2/c1-4-9-17-15-12(2)16(19-11-18-15)21-10-13-5-7-14(20-3)8-6-13/h5-8,11H,4,9-10H2,1-3H3,(H,17,18,19). The van der Waals surface area contributed by atoms with E-state index >= 15 is 0 Å². The molecule has 0 bridgehead atoms. The molecule has 5 nitrogen and oxygen atoms in total. The molecule has 0 aliphatic rings. The number of benzene rings is 1. The van der Waals surface area contributed by atoms with E-state index in [9.17, 15) is 0 Å². The van der Waals surface area contributed by atoms with Crippen molar-refractivity contribution in [3.05, 3.63) is 41.7 Å². The average Bonchev–Trinajstić information content (AvgIpc) is 2.53. The van der Waals surface area contributed by atoms with Gasteiger partial charge in [-0.15, -0.1) is 0 Å². The van der Waals surface area contributed by atoms with Crippen molar-refractivity contribution in [2.45, 2.75) is 26.9 Å². The van der Waals surface area contributed by atoms with Crippen LogP contribution in [0, 0.1) is 6.92 Å². The lowest BCUT2D eigenvalue weighted by molar-refractivity contribution is 0.291. The maximum Gasteiger partial charge on any atom is 0.221 e. The molecule has 0 aliphatic carbocycles. The van der Waals surface area contributed by atoms with Gasteiger partial charge in [-0.25, -0.2) is 9.97 Å². The zero-order chi connectivity index (χ0) is 15.1. The number of rotatable bonds is 7. The van der Waals surface area contributed by atoms with Gasteiger partial charge in [-0.05, 0) is 31.0 Å². The summed E-state index contributed by atoms with van der Waals surface area (Å²) in [7, 11) is 1.65. The fourth-order valence-electron chi connectivity index (χ4n) is 1.87. The molecule has 0 radical (unpaired) electrons. The van der Waals surface area contributed by atoms with Crippen LogP contribution >= 0.6 is 0 Å². The highest BCUT2D eigenvalue weighted by Gasteiger charge is 2.08. The lowest BCUT2D eigenvalue weighted by Gasteiger charge is -2.12. The highest BCUT2D eigenvalue weighted by atomic mass is 16.5. The van der Waals surface area contributed by atoms with Gasteiger partial charge < -0.3 is 14.8 Å². The molecule has 0 amide bonds. The van der Waals surface area contributed by atoms with Gasteiger partial charge in [0.25, 0.3) is 0 Å². The van der Waals surface area contributed by atoms with Crippen molar-refractivity contribution >= 4 is 5.82 Å². The van der Waals surface area contributed by atoms with Crippen LogP contribution in [0.2, 0.25) is 0 Å². The minimum Gasteiger partial charge on any atom is -0.497 e. The Morgan fingerprint density at radius 3 is 2.57 bits per heavy atom. The molecule has 0 saturated carbocycles. The molecule has 1 heterocycles. The van der Waals surface area contributed by atoms with E-state index in [2.05, 4.69) is 22.2 Å². The van der Waals surface area contributed by atoms with Crippen LogP contribution in [0.25, 0.3) is 0 Å². The zero-order valence-corrected chi connectivity index (χ0v) is 12.7. The van der Waals surface area contributed by atoms with Crippen LogP contribution < -0.4 is 14.8 Å². The van der Waals surface area contributed by atoms with Gasteiger partial charge in [0.1, 0.15) is 24.5 Å². The van der Waals surface area contributed by atoms with Crippen LogP contribution in [0.1, 0.15) is 24.5 Å². The second kappa shape index (κ2) is 7.47. The van der Waals surface area contributed by atoms with Gasteiger partial charge in [0, 0.05) is 6.54 Å². The average molecular weight is 287 g/mol. The van der Waals surface area contributed by atoms with Crippen LogP contribution in [0.5, 0.6) is 11.6 Å². The Labute approximate surface area is 125 Å². The molecule has 0 unspecified atom stereocenters. The maximum atomic E-state index is 5.79. The fraction of sp³-hybridized carbons (Fsp3) is 0.375. The van der Waals surface area contributed by atoms with E-state index in [1.807, 2.05) is 31.2 Å². The first-order chi connectivity index (χ1) is 10.2. The van der Waals surface area contributed by atoms with Crippen molar-refractivity contribution < 1.29 is 9.47 Å². The second-order valence-electron chi connectivity index (χ2n) is 4.72. The SMILES string of the molecule is CCCNc1ncnc(OCc2ccc(OC)cc2)c1C. The normalized spacial score (nSPS) is 10.2. The summed E-state index contributed by atoms with van der Waals surface area (Å²) in [5.74, 6) is 2.28. The Morgan fingerprint density at radius 1 is 1.14 bits per heavy atom. The van der Waals surface area contributed by atoms with Gasteiger partial charge in [0.2, 0.25) is 5.88 Å². The first-order valence-electron chi connectivity index (χ1n) is 7.05. The quantitative estimate of drug-likeness (QED) is 0.847. The van der Waals surface area contributed by atoms with E-state index in [1.165, 1.54) is 6.33 Å². The molecule has 1 aromatic carbocycles. The molecule has 112 valence electrons. The number of ether oxygens (including phenoxy) is 2. The van der Waals surface area contributed by atoms with Crippen LogP contribution in [0.4, 0.5) is 5.82 Å². The Balaban J connectivity index is 2.01. The summed E-state index contributed by atoms with van der Waals surface area (Å²) in [5.41, 5.74) is 2.00. The minimum absolute atomic E-state index is 0.467. The summed E-state index contributed by atoms with van der Waals surface area (Å²) in [4.78, 5) is 8.43. The monoisotopic (exact) mass is 287 g/mol. The summed E-state index contributed by atoms with van der Waals surface area (Å²) in [6.07, 6.45) is 2.57. The van der Waals surface area contributed by atoms with E-state index in [-0.39, 0.29) is 0 Å². The lowest BCUT2D eigenvalue weighted by atomic mass is 10.2. The molecular formula is C16H21N3O2. The number of anilines is 1. The molecule has 21 heavy (non-hydrogen) atoms. The Morgan fingerprint density at radius 2 is 1.90 bits per heavy atom. The third-order valence-electron chi connectivity index (χ3n) is 3.11. The summed E-state index contributed by atoms with van der Waals surface area (Å²) in [6, 6.07) is 7.79. The number of nitrogens with one attached hydrogen (secondary N) is 1. The Bertz CT molecular complexity index is 570. The molecule has 0 saturated heterocycles. The minimum atomic E-state index is 0.467. The van der Waals surface area contributed by atoms with Gasteiger partial charge in [0.05, 0.1) is 12.7 Å². The van der Waals surface area contributed by atoms with Crippen molar-refractivity contribution in [2.75, 3.05) is 19.0 Å². The Kier molecular flexibility index (Phi) is 5.37. The van der Waals surface area contributed by atoms with Gasteiger partial charge in [-0.1, -0.05) is 19.1 Å². The van der Waals surface area contributed by atoms with Crippen LogP contribution in [0.15, 0.2) is 30.6 Å². The van der Waals surface area contributed by atoms with Gasteiger partial charge in [0.15, 0.2) is 0 Å². The summed E-state index contributed by atoms with van der Waals surface area (Å²) >= 11 is 0. The molecule has 0 fully saturated rings. The molecule has 2 aromatic rings. The van der Waals surface area contributed by atoms with E-state index in [0.29, 0.717) is 12.5 Å². The first kappa shape index (κ1) is 15.1. The predicted molar refractivity (Wildman–Crippen MR) is 82.9 cm³/mol. The number of aromatic nitrogens is 2. The second-order valence-corrected chi connectivity index (χ2v) is 4.72. The number of hydrogen-bond acceptors (Lipinski definition) is 5. The van der Waals surface area contributed by atoms with E-state index in [4.69, 9.17) is 9.47 Å². The molecule has 1 N–H and O–H groups in total. The zero-order valence-electron chi connectivity index (χ0n) is 12.7. The molecule has 0 spiro atoms. The topological polar surface area (TPSA) is 56.3 Å². The summed E-state index contributed by atoms with van der Waals surface area (Å²) in [5, 5.41) is 3.27. The van der Waals surface area contributed by atoms with Crippen LogP contribution in [-0.2, 0) is 6.61 Å². The van der Waals surface area contributed by atoms with Crippen molar-refractivity contribution in [1.82, 2.24) is 9.97 Å². The molecular weight excluding hydrogens is 266 g/mol. The summed E-state index contributed by atoms with van der Waals surface area (Å²) in [6.45, 7) is 5.43. The van der Waals surface area contributed by atoms with Crippen molar-refractivity contribution in [2.24, 2.45) is 0 Å². The van der Waals surface area contributed by atoms with E-state index < -0.39 is 0 Å². The van der Waals surface area contributed by atoms with E-state index in [1.54, 1.807) is 7.11 Å². The number of hydrogen-bond donors (Lipinski definition) is 1. The van der Waals surface area contributed by atoms with E-state index in [0.717, 1.165) is 35.7 Å². The van der Waals surface area contributed by atoms with Gasteiger partial charge >= 0.3 is 0 Å². The summed E-state index contributed by atoms with van der Waals surface area (Å²) < 4.78 is 10.9. The van der Waals surface area contributed by atoms with Crippen LogP contribution in [0.3, 0.4) is 0 Å². The lowest BCUT2D eigenvalue weighted by Crippen LogP contribution is -2.07. The number of methoxy groups -OCH3 is 1. The molecule has 0 atom stereocenters.